The lowest BCUT2D eigenvalue weighted by molar-refractivity contribution is -0.142. The van der Waals surface area contributed by atoms with Crippen LogP contribution in [0.15, 0.2) is 0 Å². The van der Waals surface area contributed by atoms with Gasteiger partial charge in [0.25, 0.3) is 0 Å². The molecule has 5 heteroatoms. The van der Waals surface area contributed by atoms with Crippen molar-refractivity contribution in [3.63, 3.8) is 0 Å². The number of carbonyl (C=O) groups is 2. The van der Waals surface area contributed by atoms with E-state index in [4.69, 9.17) is 9.84 Å². The number of nitrogens with one attached hydrogen (secondary N) is 1. The topological polar surface area (TPSA) is 75.6 Å². The lowest BCUT2D eigenvalue weighted by Gasteiger charge is -2.24. The molecule has 0 spiro atoms. The lowest BCUT2D eigenvalue weighted by Crippen LogP contribution is -2.44. The van der Waals surface area contributed by atoms with Crippen molar-refractivity contribution in [3.05, 3.63) is 0 Å². The normalized spacial score (nSPS) is 21.1. The number of carboxylic acids is 1. The molecule has 16 heavy (non-hydrogen) atoms. The highest BCUT2D eigenvalue weighted by atomic mass is 16.5. The second-order valence-electron chi connectivity index (χ2n) is 4.31. The van der Waals surface area contributed by atoms with Gasteiger partial charge in [-0.2, -0.15) is 0 Å². The number of ether oxygens (including phenoxy) is 1. The standard InChI is InChI=1S/C11H19NO4/c1-7(11(14)15)8(2)12-10(13)9-3-5-16-6-4-9/h7-9H,3-6H2,1-2H3,(H,12,13)(H,14,15). The monoisotopic (exact) mass is 229 g/mol. The smallest absolute Gasteiger partial charge is 0.308 e. The van der Waals surface area contributed by atoms with Gasteiger partial charge >= 0.3 is 5.97 Å². The van der Waals surface area contributed by atoms with Crippen molar-refractivity contribution in [1.29, 1.82) is 0 Å². The Labute approximate surface area is 95.2 Å². The van der Waals surface area contributed by atoms with Crippen LogP contribution >= 0.6 is 0 Å². The summed E-state index contributed by atoms with van der Waals surface area (Å²) in [5.74, 6) is -1.54. The SMILES string of the molecule is CC(NC(=O)C1CCOCC1)C(C)C(=O)O. The van der Waals surface area contributed by atoms with E-state index >= 15 is 0 Å². The number of hydrogen-bond acceptors (Lipinski definition) is 3. The van der Waals surface area contributed by atoms with E-state index in [0.29, 0.717) is 13.2 Å². The van der Waals surface area contributed by atoms with Crippen LogP contribution in [0, 0.1) is 11.8 Å². The number of carboxylic acid groups (broad SMARTS) is 1. The third-order valence-electron chi connectivity index (χ3n) is 3.10. The van der Waals surface area contributed by atoms with Gasteiger partial charge in [0.05, 0.1) is 5.92 Å². The third kappa shape index (κ3) is 3.48. The van der Waals surface area contributed by atoms with E-state index in [-0.39, 0.29) is 17.9 Å². The summed E-state index contributed by atoms with van der Waals surface area (Å²) in [6.45, 7) is 4.54. The van der Waals surface area contributed by atoms with Gasteiger partial charge in [-0.05, 0) is 26.7 Å². The predicted octanol–water partition coefficient (Wildman–Crippen LogP) is 0.638. The molecule has 0 aromatic rings. The molecule has 1 aliphatic rings. The lowest BCUT2D eigenvalue weighted by atomic mass is 9.97. The molecule has 92 valence electrons. The highest BCUT2D eigenvalue weighted by Crippen LogP contribution is 2.15. The van der Waals surface area contributed by atoms with E-state index in [1.165, 1.54) is 0 Å². The molecule has 1 saturated heterocycles. The maximum Gasteiger partial charge on any atom is 0.308 e. The van der Waals surface area contributed by atoms with E-state index in [1.54, 1.807) is 13.8 Å². The van der Waals surface area contributed by atoms with Gasteiger partial charge in [0, 0.05) is 25.2 Å². The number of aliphatic carboxylic acids is 1. The van der Waals surface area contributed by atoms with Gasteiger partial charge in [-0.15, -0.1) is 0 Å². The average molecular weight is 229 g/mol. The van der Waals surface area contributed by atoms with Crippen molar-refractivity contribution < 1.29 is 19.4 Å². The van der Waals surface area contributed by atoms with Gasteiger partial charge in [0.2, 0.25) is 5.91 Å². The molecule has 1 fully saturated rings. The fraction of sp³-hybridized carbons (Fsp3) is 0.818. The summed E-state index contributed by atoms with van der Waals surface area (Å²) in [6.07, 6.45) is 1.44. The molecule has 1 heterocycles. The fourth-order valence-electron chi connectivity index (χ4n) is 1.64. The van der Waals surface area contributed by atoms with Gasteiger partial charge in [-0.1, -0.05) is 0 Å². The van der Waals surface area contributed by atoms with Crippen molar-refractivity contribution in [1.82, 2.24) is 5.32 Å². The fourth-order valence-corrected chi connectivity index (χ4v) is 1.64. The Kier molecular flexibility index (Phi) is 4.73. The first-order valence-corrected chi connectivity index (χ1v) is 5.63. The maximum atomic E-state index is 11.8. The summed E-state index contributed by atoms with van der Waals surface area (Å²) in [5, 5.41) is 11.6. The van der Waals surface area contributed by atoms with Crippen LogP contribution in [-0.2, 0) is 14.3 Å². The van der Waals surface area contributed by atoms with E-state index in [2.05, 4.69) is 5.32 Å². The largest absolute Gasteiger partial charge is 0.481 e. The Morgan fingerprint density at radius 3 is 2.38 bits per heavy atom. The molecular weight excluding hydrogens is 210 g/mol. The molecule has 1 rings (SSSR count). The summed E-state index contributed by atoms with van der Waals surface area (Å²) >= 11 is 0. The van der Waals surface area contributed by atoms with Gasteiger partial charge in [-0.3, -0.25) is 9.59 Å². The summed E-state index contributed by atoms with van der Waals surface area (Å²) < 4.78 is 5.17. The molecule has 0 aliphatic carbocycles. The second kappa shape index (κ2) is 5.84. The predicted molar refractivity (Wildman–Crippen MR) is 57.9 cm³/mol. The van der Waals surface area contributed by atoms with Crippen molar-refractivity contribution in [2.75, 3.05) is 13.2 Å². The second-order valence-corrected chi connectivity index (χ2v) is 4.31. The summed E-state index contributed by atoms with van der Waals surface area (Å²) in [5.41, 5.74) is 0. The highest BCUT2D eigenvalue weighted by molar-refractivity contribution is 5.80. The summed E-state index contributed by atoms with van der Waals surface area (Å²) in [6, 6.07) is -0.340. The van der Waals surface area contributed by atoms with Crippen LogP contribution in [0.5, 0.6) is 0 Å². The van der Waals surface area contributed by atoms with Crippen molar-refractivity contribution >= 4 is 11.9 Å². The van der Waals surface area contributed by atoms with E-state index in [9.17, 15) is 9.59 Å². The van der Waals surface area contributed by atoms with E-state index in [0.717, 1.165) is 12.8 Å². The minimum absolute atomic E-state index is 0.0304. The molecule has 2 N–H and O–H groups in total. The Balaban J connectivity index is 2.40. The van der Waals surface area contributed by atoms with Crippen LogP contribution in [0.4, 0.5) is 0 Å². The van der Waals surface area contributed by atoms with Gasteiger partial charge in [0.15, 0.2) is 0 Å². The molecule has 0 bridgehead atoms. The first kappa shape index (κ1) is 13.0. The van der Waals surface area contributed by atoms with Crippen LogP contribution in [0.1, 0.15) is 26.7 Å². The molecule has 5 nitrogen and oxygen atoms in total. The molecule has 0 saturated carbocycles. The first-order chi connectivity index (χ1) is 7.52. The number of carbonyl (C=O) groups excluding carboxylic acids is 1. The third-order valence-corrected chi connectivity index (χ3v) is 3.10. The average Bonchev–Trinajstić information content (AvgIpc) is 2.28. The van der Waals surface area contributed by atoms with Crippen LogP contribution in [0.2, 0.25) is 0 Å². The quantitative estimate of drug-likeness (QED) is 0.741. The van der Waals surface area contributed by atoms with Crippen molar-refractivity contribution in [2.24, 2.45) is 11.8 Å². The molecule has 2 atom stereocenters. The van der Waals surface area contributed by atoms with Crippen molar-refractivity contribution in [3.8, 4) is 0 Å². The van der Waals surface area contributed by atoms with Crippen molar-refractivity contribution in [2.45, 2.75) is 32.7 Å². The number of rotatable bonds is 4. The highest BCUT2D eigenvalue weighted by Gasteiger charge is 2.26. The zero-order chi connectivity index (χ0) is 12.1. The number of hydrogen-bond donors (Lipinski definition) is 2. The van der Waals surface area contributed by atoms with Crippen LogP contribution in [0.25, 0.3) is 0 Å². The molecule has 1 amide bonds. The van der Waals surface area contributed by atoms with E-state index < -0.39 is 11.9 Å². The number of amides is 1. The summed E-state index contributed by atoms with van der Waals surface area (Å²) in [4.78, 5) is 22.5. The summed E-state index contributed by atoms with van der Waals surface area (Å²) in [7, 11) is 0. The van der Waals surface area contributed by atoms with Crippen LogP contribution < -0.4 is 5.32 Å². The van der Waals surface area contributed by atoms with Crippen LogP contribution in [0.3, 0.4) is 0 Å². The molecular formula is C11H19NO4. The molecule has 2 unspecified atom stereocenters. The minimum Gasteiger partial charge on any atom is -0.481 e. The van der Waals surface area contributed by atoms with Crippen LogP contribution in [-0.4, -0.2) is 36.2 Å². The Hall–Kier alpha value is -1.10. The maximum absolute atomic E-state index is 11.8. The van der Waals surface area contributed by atoms with E-state index in [1.807, 2.05) is 0 Å². The zero-order valence-electron chi connectivity index (χ0n) is 9.73. The molecule has 0 aromatic heterocycles. The molecule has 0 aromatic carbocycles. The van der Waals surface area contributed by atoms with Gasteiger partial charge < -0.3 is 15.2 Å². The zero-order valence-corrected chi connectivity index (χ0v) is 9.73. The first-order valence-electron chi connectivity index (χ1n) is 5.63. The minimum atomic E-state index is -0.889. The Morgan fingerprint density at radius 1 is 1.31 bits per heavy atom. The molecule has 0 radical (unpaired) electrons. The Morgan fingerprint density at radius 2 is 1.88 bits per heavy atom. The molecule has 1 aliphatic heterocycles. The van der Waals surface area contributed by atoms with Gasteiger partial charge in [-0.25, -0.2) is 0 Å². The van der Waals surface area contributed by atoms with Gasteiger partial charge in [0.1, 0.15) is 0 Å². The Bertz CT molecular complexity index is 261.